The van der Waals surface area contributed by atoms with Crippen LogP contribution in [0.15, 0.2) is 16.7 Å². The Morgan fingerprint density at radius 2 is 2.20 bits per heavy atom. The summed E-state index contributed by atoms with van der Waals surface area (Å²) < 4.78 is 17.8. The van der Waals surface area contributed by atoms with E-state index in [0.29, 0.717) is 4.60 Å². The number of hydrogen-bond acceptors (Lipinski definition) is 3. The first kappa shape index (κ1) is 13.8. The lowest BCUT2D eigenvalue weighted by atomic mass is 10.5. The minimum Gasteiger partial charge on any atom is -0.479 e. The first-order valence-electron chi connectivity index (χ1n) is 4.26. The molecule has 6 heteroatoms. The Hall–Kier alpha value is -1.17. The Morgan fingerprint density at radius 1 is 1.60 bits per heavy atom. The van der Waals surface area contributed by atoms with Crippen molar-refractivity contribution < 1.29 is 19.0 Å². The zero-order chi connectivity index (χ0) is 11.8. The highest BCUT2D eigenvalue weighted by Gasteiger charge is 2.07. The number of aliphatic carboxylic acids is 1. The van der Waals surface area contributed by atoms with E-state index in [0.717, 1.165) is 6.07 Å². The van der Waals surface area contributed by atoms with Gasteiger partial charge in [-0.15, -0.1) is 0 Å². The predicted molar refractivity (Wildman–Crippen MR) is 56.4 cm³/mol. The molecule has 0 saturated carbocycles. The van der Waals surface area contributed by atoms with Crippen molar-refractivity contribution in [1.82, 2.24) is 4.98 Å². The van der Waals surface area contributed by atoms with E-state index in [1.54, 1.807) is 0 Å². The number of nitrogens with zero attached hydrogens (tertiary/aromatic N) is 1. The van der Waals surface area contributed by atoms with Gasteiger partial charge in [0, 0.05) is 0 Å². The van der Waals surface area contributed by atoms with Crippen LogP contribution in [-0.2, 0) is 4.79 Å². The lowest BCUT2D eigenvalue weighted by Crippen LogP contribution is -2.11. The molecule has 1 heterocycles. The molecule has 0 fully saturated rings. The van der Waals surface area contributed by atoms with Crippen molar-refractivity contribution in [3.8, 4) is 5.88 Å². The summed E-state index contributed by atoms with van der Waals surface area (Å²) in [5, 5.41) is 8.25. The zero-order valence-corrected chi connectivity index (χ0v) is 9.91. The highest BCUT2D eigenvalue weighted by atomic mass is 79.9. The van der Waals surface area contributed by atoms with E-state index in [4.69, 9.17) is 5.11 Å². The molecule has 0 spiro atoms. The molecule has 84 valence electrons. The predicted octanol–water partition coefficient (Wildman–Crippen LogP) is 2.47. The molecule has 0 aliphatic rings. The number of carbonyl (C=O) groups is 1. The standard InChI is InChI=1S/C7H5BrFNO3.C2H6/c8-5-2-1-4(9)7(10-5)13-3-6(11)12;1-2/h1-2H,3H2,(H,11,12);1-2H3. The van der Waals surface area contributed by atoms with Gasteiger partial charge < -0.3 is 9.84 Å². The molecule has 1 N–H and O–H groups in total. The Kier molecular flexibility index (Phi) is 6.61. The summed E-state index contributed by atoms with van der Waals surface area (Å²) in [6, 6.07) is 2.53. The smallest absolute Gasteiger partial charge is 0.341 e. The summed E-state index contributed by atoms with van der Waals surface area (Å²) in [7, 11) is 0. The van der Waals surface area contributed by atoms with E-state index in [-0.39, 0.29) is 5.88 Å². The van der Waals surface area contributed by atoms with Crippen LogP contribution in [0.4, 0.5) is 4.39 Å². The third-order valence-electron chi connectivity index (χ3n) is 1.11. The second-order valence-electron chi connectivity index (χ2n) is 2.10. The molecule has 0 saturated heterocycles. The van der Waals surface area contributed by atoms with Crippen molar-refractivity contribution in [1.29, 1.82) is 0 Å². The molecule has 1 aromatic heterocycles. The van der Waals surface area contributed by atoms with E-state index in [9.17, 15) is 9.18 Å². The third-order valence-corrected chi connectivity index (χ3v) is 1.55. The summed E-state index contributed by atoms with van der Waals surface area (Å²) in [5.41, 5.74) is 0. The first-order chi connectivity index (χ1) is 7.09. The SMILES string of the molecule is CC.O=C(O)COc1nc(Br)ccc1F. The van der Waals surface area contributed by atoms with Crippen molar-refractivity contribution >= 4 is 21.9 Å². The molecule has 0 atom stereocenters. The molecule has 1 aromatic rings. The summed E-state index contributed by atoms with van der Waals surface area (Å²) in [5.74, 6) is -2.19. The van der Waals surface area contributed by atoms with E-state index in [2.05, 4.69) is 25.7 Å². The minimum atomic E-state index is -1.18. The molecule has 0 amide bonds. The quantitative estimate of drug-likeness (QED) is 0.864. The molecular formula is C9H11BrFNO3. The van der Waals surface area contributed by atoms with E-state index in [1.165, 1.54) is 6.07 Å². The topological polar surface area (TPSA) is 59.4 Å². The number of carboxylic acid groups (broad SMARTS) is 1. The van der Waals surface area contributed by atoms with Gasteiger partial charge in [0.1, 0.15) is 4.60 Å². The number of aromatic nitrogens is 1. The maximum absolute atomic E-state index is 12.8. The fourth-order valence-corrected chi connectivity index (χ4v) is 0.925. The summed E-state index contributed by atoms with van der Waals surface area (Å²) >= 11 is 3.00. The van der Waals surface area contributed by atoms with Gasteiger partial charge in [0.25, 0.3) is 5.88 Å². The second-order valence-corrected chi connectivity index (χ2v) is 2.92. The van der Waals surface area contributed by atoms with Gasteiger partial charge in [0.15, 0.2) is 12.4 Å². The second kappa shape index (κ2) is 7.17. The Morgan fingerprint density at radius 3 is 2.73 bits per heavy atom. The van der Waals surface area contributed by atoms with Crippen molar-refractivity contribution in [3.05, 3.63) is 22.6 Å². The van der Waals surface area contributed by atoms with Gasteiger partial charge in [-0.25, -0.2) is 14.2 Å². The molecule has 0 bridgehead atoms. The number of carboxylic acids is 1. The number of rotatable bonds is 3. The number of pyridine rings is 1. The highest BCUT2D eigenvalue weighted by Crippen LogP contribution is 2.16. The van der Waals surface area contributed by atoms with E-state index >= 15 is 0 Å². The van der Waals surface area contributed by atoms with Crippen LogP contribution in [0.3, 0.4) is 0 Å². The van der Waals surface area contributed by atoms with Gasteiger partial charge in [-0.3, -0.25) is 0 Å². The van der Waals surface area contributed by atoms with Crippen LogP contribution in [0.25, 0.3) is 0 Å². The molecule has 0 radical (unpaired) electrons. The average Bonchev–Trinajstić information content (AvgIpc) is 2.22. The largest absolute Gasteiger partial charge is 0.479 e. The molecule has 0 aliphatic heterocycles. The Balaban J connectivity index is 0.000000921. The van der Waals surface area contributed by atoms with E-state index in [1.807, 2.05) is 13.8 Å². The van der Waals surface area contributed by atoms with Gasteiger partial charge in [-0.1, -0.05) is 13.8 Å². The number of ether oxygens (including phenoxy) is 1. The minimum absolute atomic E-state index is 0.322. The van der Waals surface area contributed by atoms with Crippen molar-refractivity contribution in [2.24, 2.45) is 0 Å². The van der Waals surface area contributed by atoms with Crippen LogP contribution < -0.4 is 4.74 Å². The lowest BCUT2D eigenvalue weighted by Gasteiger charge is -2.02. The van der Waals surface area contributed by atoms with Gasteiger partial charge in [-0.2, -0.15) is 0 Å². The molecule has 1 rings (SSSR count). The van der Waals surface area contributed by atoms with Gasteiger partial charge >= 0.3 is 5.97 Å². The monoisotopic (exact) mass is 279 g/mol. The number of halogens is 2. The normalized spacial score (nSPS) is 8.80. The number of hydrogen-bond donors (Lipinski definition) is 1. The highest BCUT2D eigenvalue weighted by molar-refractivity contribution is 9.10. The average molecular weight is 280 g/mol. The maximum Gasteiger partial charge on any atom is 0.341 e. The third kappa shape index (κ3) is 5.31. The van der Waals surface area contributed by atoms with Crippen LogP contribution in [0.5, 0.6) is 5.88 Å². The van der Waals surface area contributed by atoms with Crippen molar-refractivity contribution in [2.75, 3.05) is 6.61 Å². The summed E-state index contributed by atoms with van der Waals surface area (Å²) in [6.07, 6.45) is 0. The van der Waals surface area contributed by atoms with E-state index < -0.39 is 18.4 Å². The summed E-state index contributed by atoms with van der Waals surface area (Å²) in [4.78, 5) is 13.7. The molecular weight excluding hydrogens is 269 g/mol. The summed E-state index contributed by atoms with van der Waals surface area (Å²) in [6.45, 7) is 3.39. The first-order valence-corrected chi connectivity index (χ1v) is 5.05. The van der Waals surface area contributed by atoms with Gasteiger partial charge in [0.2, 0.25) is 0 Å². The fraction of sp³-hybridized carbons (Fsp3) is 0.333. The lowest BCUT2D eigenvalue weighted by molar-refractivity contribution is -0.139. The Labute approximate surface area is 95.2 Å². The van der Waals surface area contributed by atoms with Crippen LogP contribution in [-0.4, -0.2) is 22.7 Å². The van der Waals surface area contributed by atoms with Crippen molar-refractivity contribution in [3.63, 3.8) is 0 Å². The molecule has 15 heavy (non-hydrogen) atoms. The fourth-order valence-electron chi connectivity index (χ4n) is 0.632. The molecule has 4 nitrogen and oxygen atoms in total. The van der Waals surface area contributed by atoms with Crippen molar-refractivity contribution in [2.45, 2.75) is 13.8 Å². The van der Waals surface area contributed by atoms with Crippen LogP contribution >= 0.6 is 15.9 Å². The molecule has 0 unspecified atom stereocenters. The van der Waals surface area contributed by atoms with Gasteiger partial charge in [-0.05, 0) is 28.1 Å². The van der Waals surface area contributed by atoms with Crippen LogP contribution in [0.2, 0.25) is 0 Å². The maximum atomic E-state index is 12.8. The van der Waals surface area contributed by atoms with Gasteiger partial charge in [0.05, 0.1) is 0 Å². The van der Waals surface area contributed by atoms with Crippen LogP contribution in [0.1, 0.15) is 13.8 Å². The van der Waals surface area contributed by atoms with Crippen LogP contribution in [0, 0.1) is 5.82 Å². The molecule has 0 aliphatic carbocycles. The molecule has 0 aromatic carbocycles. The zero-order valence-electron chi connectivity index (χ0n) is 8.33. The Bertz CT molecular complexity index is 333.